The van der Waals surface area contributed by atoms with Gasteiger partial charge in [-0.3, -0.25) is 4.79 Å². The molecule has 1 aliphatic rings. The van der Waals surface area contributed by atoms with E-state index in [0.717, 1.165) is 22.3 Å². The first-order valence-corrected chi connectivity index (χ1v) is 13.7. The number of hydrogen-bond donors (Lipinski definition) is 1. The second-order valence-electron chi connectivity index (χ2n) is 9.52. The molecule has 0 bridgehead atoms. The number of carbonyl (C=O) groups is 1. The molecule has 0 spiro atoms. The lowest BCUT2D eigenvalue weighted by Crippen LogP contribution is -2.46. The second-order valence-corrected chi connectivity index (χ2v) is 11.5. The van der Waals surface area contributed by atoms with E-state index in [-0.39, 0.29) is 23.8 Å². The molecule has 0 radical (unpaired) electrons. The highest BCUT2D eigenvalue weighted by Crippen LogP contribution is 2.29. The van der Waals surface area contributed by atoms with Gasteiger partial charge in [0.25, 0.3) is 0 Å². The third-order valence-electron chi connectivity index (χ3n) is 7.13. The second kappa shape index (κ2) is 10.8. The van der Waals surface area contributed by atoms with Crippen molar-refractivity contribution in [1.82, 2.24) is 9.62 Å². The predicted molar refractivity (Wildman–Crippen MR) is 140 cm³/mol. The SMILES string of the molecule is Cc1ccc(S(=O)(=O)N2CCC(C(=O)NC(C)C(c3ccccc3)c3ccccc3)CC2)cc1C. The van der Waals surface area contributed by atoms with Crippen molar-refractivity contribution in [3.05, 3.63) is 101 Å². The maximum atomic E-state index is 13.2. The van der Waals surface area contributed by atoms with E-state index in [2.05, 4.69) is 29.6 Å². The highest BCUT2D eigenvalue weighted by molar-refractivity contribution is 7.89. The molecule has 0 aliphatic carbocycles. The Morgan fingerprint density at radius 2 is 1.40 bits per heavy atom. The first-order chi connectivity index (χ1) is 16.8. The van der Waals surface area contributed by atoms with Gasteiger partial charge >= 0.3 is 0 Å². The highest BCUT2D eigenvalue weighted by atomic mass is 32.2. The first kappa shape index (κ1) is 25.1. The molecule has 0 saturated carbocycles. The monoisotopic (exact) mass is 490 g/mol. The van der Waals surface area contributed by atoms with E-state index in [1.54, 1.807) is 12.1 Å². The Bertz CT molecular complexity index is 1210. The minimum atomic E-state index is -3.56. The van der Waals surface area contributed by atoms with E-state index >= 15 is 0 Å². The number of nitrogens with zero attached hydrogens (tertiary/aromatic N) is 1. The lowest BCUT2D eigenvalue weighted by molar-refractivity contribution is -0.126. The quantitative estimate of drug-likeness (QED) is 0.505. The summed E-state index contributed by atoms with van der Waals surface area (Å²) in [5.41, 5.74) is 4.33. The van der Waals surface area contributed by atoms with Gasteiger partial charge in [-0.2, -0.15) is 4.31 Å². The van der Waals surface area contributed by atoms with Crippen LogP contribution in [0.3, 0.4) is 0 Å². The van der Waals surface area contributed by atoms with Crippen LogP contribution in [-0.4, -0.2) is 37.8 Å². The van der Waals surface area contributed by atoms with Gasteiger partial charge in [0.1, 0.15) is 0 Å². The molecule has 184 valence electrons. The first-order valence-electron chi connectivity index (χ1n) is 12.2. The zero-order chi connectivity index (χ0) is 25.0. The van der Waals surface area contributed by atoms with E-state index in [9.17, 15) is 13.2 Å². The molecule has 1 unspecified atom stereocenters. The van der Waals surface area contributed by atoms with Crippen LogP contribution in [0.4, 0.5) is 0 Å². The summed E-state index contributed by atoms with van der Waals surface area (Å²) in [6.07, 6.45) is 1.04. The average molecular weight is 491 g/mol. The minimum absolute atomic E-state index is 0.00223. The molecule has 1 N–H and O–H groups in total. The Balaban J connectivity index is 1.42. The summed E-state index contributed by atoms with van der Waals surface area (Å²) >= 11 is 0. The Labute approximate surface area is 209 Å². The van der Waals surface area contributed by atoms with Crippen molar-refractivity contribution in [2.24, 2.45) is 5.92 Å². The van der Waals surface area contributed by atoms with Crippen molar-refractivity contribution in [2.75, 3.05) is 13.1 Å². The fourth-order valence-electron chi connectivity index (χ4n) is 4.90. The number of benzene rings is 3. The number of rotatable bonds is 7. The Morgan fingerprint density at radius 3 is 1.91 bits per heavy atom. The summed E-state index contributed by atoms with van der Waals surface area (Å²) < 4.78 is 27.8. The number of amides is 1. The molecule has 1 saturated heterocycles. The number of nitrogens with one attached hydrogen (secondary N) is 1. The summed E-state index contributed by atoms with van der Waals surface area (Å²) in [7, 11) is -3.56. The van der Waals surface area contributed by atoms with Crippen molar-refractivity contribution in [1.29, 1.82) is 0 Å². The van der Waals surface area contributed by atoms with Gasteiger partial charge in [-0.05, 0) is 68.0 Å². The third kappa shape index (κ3) is 5.65. The summed E-state index contributed by atoms with van der Waals surface area (Å²) in [5.74, 6) is -0.167. The van der Waals surface area contributed by atoms with Crippen LogP contribution in [0.15, 0.2) is 83.8 Å². The van der Waals surface area contributed by atoms with Crippen molar-refractivity contribution in [3.63, 3.8) is 0 Å². The molecule has 0 aromatic heterocycles. The molecule has 1 atom stereocenters. The summed E-state index contributed by atoms with van der Waals surface area (Å²) in [6, 6.07) is 25.6. The fraction of sp³-hybridized carbons (Fsp3) is 0.345. The maximum absolute atomic E-state index is 13.2. The van der Waals surface area contributed by atoms with Crippen LogP contribution < -0.4 is 5.32 Å². The van der Waals surface area contributed by atoms with Crippen LogP contribution in [0.2, 0.25) is 0 Å². The van der Waals surface area contributed by atoms with E-state index in [0.29, 0.717) is 30.8 Å². The summed E-state index contributed by atoms with van der Waals surface area (Å²) in [5, 5.41) is 3.24. The van der Waals surface area contributed by atoms with Crippen LogP contribution >= 0.6 is 0 Å². The number of sulfonamides is 1. The number of carbonyl (C=O) groups excluding carboxylic acids is 1. The zero-order valence-electron chi connectivity index (χ0n) is 20.6. The molecule has 3 aromatic rings. The molecule has 1 fully saturated rings. The van der Waals surface area contributed by atoms with Crippen LogP contribution in [-0.2, 0) is 14.8 Å². The van der Waals surface area contributed by atoms with E-state index in [1.165, 1.54) is 4.31 Å². The van der Waals surface area contributed by atoms with Gasteiger partial charge in [0.15, 0.2) is 0 Å². The van der Waals surface area contributed by atoms with Crippen LogP contribution in [0.25, 0.3) is 0 Å². The number of hydrogen-bond acceptors (Lipinski definition) is 3. The predicted octanol–water partition coefficient (Wildman–Crippen LogP) is 5.04. The molecule has 1 amide bonds. The fourth-order valence-corrected chi connectivity index (χ4v) is 6.45. The molecule has 1 heterocycles. The lowest BCUT2D eigenvalue weighted by Gasteiger charge is -2.32. The van der Waals surface area contributed by atoms with Crippen LogP contribution in [0.5, 0.6) is 0 Å². The molecule has 5 nitrogen and oxygen atoms in total. The molecule has 4 rings (SSSR count). The van der Waals surface area contributed by atoms with Gasteiger partial charge in [-0.15, -0.1) is 0 Å². The van der Waals surface area contributed by atoms with Gasteiger partial charge in [0.05, 0.1) is 4.90 Å². The van der Waals surface area contributed by atoms with Gasteiger partial charge in [0, 0.05) is 31.0 Å². The van der Waals surface area contributed by atoms with E-state index in [4.69, 9.17) is 0 Å². The molecule has 6 heteroatoms. The van der Waals surface area contributed by atoms with E-state index < -0.39 is 10.0 Å². The van der Waals surface area contributed by atoms with Gasteiger partial charge in [0.2, 0.25) is 15.9 Å². The normalized spacial score (nSPS) is 16.2. The topological polar surface area (TPSA) is 66.5 Å². The molecule has 3 aromatic carbocycles. The highest BCUT2D eigenvalue weighted by Gasteiger charge is 2.33. The van der Waals surface area contributed by atoms with Crippen molar-refractivity contribution >= 4 is 15.9 Å². The van der Waals surface area contributed by atoms with E-state index in [1.807, 2.05) is 63.2 Å². The average Bonchev–Trinajstić information content (AvgIpc) is 2.87. The summed E-state index contributed by atoms with van der Waals surface area (Å²) in [6.45, 7) is 6.63. The van der Waals surface area contributed by atoms with Crippen molar-refractivity contribution in [3.8, 4) is 0 Å². The Kier molecular flexibility index (Phi) is 7.72. The van der Waals surface area contributed by atoms with Crippen LogP contribution in [0.1, 0.15) is 47.9 Å². The van der Waals surface area contributed by atoms with Gasteiger partial charge < -0.3 is 5.32 Å². The van der Waals surface area contributed by atoms with Gasteiger partial charge in [-0.1, -0.05) is 66.7 Å². The van der Waals surface area contributed by atoms with Crippen LogP contribution in [0, 0.1) is 19.8 Å². The molecular weight excluding hydrogens is 456 g/mol. The molecule has 35 heavy (non-hydrogen) atoms. The lowest BCUT2D eigenvalue weighted by atomic mass is 9.85. The minimum Gasteiger partial charge on any atom is -0.352 e. The smallest absolute Gasteiger partial charge is 0.243 e. The number of piperidine rings is 1. The van der Waals surface area contributed by atoms with Crippen molar-refractivity contribution in [2.45, 2.75) is 50.5 Å². The Hall–Kier alpha value is -2.96. The maximum Gasteiger partial charge on any atom is 0.243 e. The third-order valence-corrected chi connectivity index (χ3v) is 9.02. The number of aryl methyl sites for hydroxylation is 2. The largest absolute Gasteiger partial charge is 0.352 e. The van der Waals surface area contributed by atoms with Gasteiger partial charge in [-0.25, -0.2) is 8.42 Å². The standard InChI is InChI=1S/C29H34N2O3S/c1-21-14-15-27(20-22(21)2)35(33,34)31-18-16-26(17-19-31)29(32)30-23(3)28(24-10-6-4-7-11-24)25-12-8-5-9-13-25/h4-15,20,23,26,28H,16-19H2,1-3H3,(H,30,32). The molecular formula is C29H34N2O3S. The van der Waals surface area contributed by atoms with Crippen molar-refractivity contribution < 1.29 is 13.2 Å². The summed E-state index contributed by atoms with van der Waals surface area (Å²) in [4.78, 5) is 13.5. The Morgan fingerprint density at radius 1 is 0.857 bits per heavy atom. The zero-order valence-corrected chi connectivity index (χ0v) is 21.5. The molecule has 1 aliphatic heterocycles.